The van der Waals surface area contributed by atoms with Crippen molar-refractivity contribution in [2.45, 2.75) is 26.8 Å². The van der Waals surface area contributed by atoms with E-state index in [1.165, 1.54) is 13.2 Å². The molecule has 0 saturated carbocycles. The van der Waals surface area contributed by atoms with E-state index < -0.39 is 17.9 Å². The molecule has 1 aromatic rings. The van der Waals surface area contributed by atoms with Crippen LogP contribution in [-0.2, 0) is 4.79 Å². The van der Waals surface area contributed by atoms with Gasteiger partial charge in [0.25, 0.3) is 5.91 Å². The fraction of sp³-hybridized carbons (Fsp3) is 0.467. The number of carboxylic acid groups (broad SMARTS) is 1. The lowest BCUT2D eigenvalue weighted by molar-refractivity contribution is -0.140. The predicted molar refractivity (Wildman–Crippen MR) is 85.6 cm³/mol. The van der Waals surface area contributed by atoms with E-state index in [2.05, 4.69) is 21.2 Å². The largest absolute Gasteiger partial charge is 0.493 e. The van der Waals surface area contributed by atoms with E-state index in [-0.39, 0.29) is 5.92 Å². The number of carboxylic acids is 1. The summed E-state index contributed by atoms with van der Waals surface area (Å²) < 4.78 is 11.2. The SMILES string of the molecule is CCOc1c(Br)cc(C(=O)NC(C(=O)O)C(C)C)cc1OC. The molecule has 0 bridgehead atoms. The number of rotatable bonds is 7. The third-order valence-corrected chi connectivity index (χ3v) is 3.59. The fourth-order valence-corrected chi connectivity index (χ4v) is 2.43. The van der Waals surface area contributed by atoms with Crippen molar-refractivity contribution in [3.05, 3.63) is 22.2 Å². The monoisotopic (exact) mass is 373 g/mol. The molecule has 0 aliphatic carbocycles. The van der Waals surface area contributed by atoms with E-state index in [4.69, 9.17) is 14.6 Å². The Morgan fingerprint density at radius 1 is 1.36 bits per heavy atom. The van der Waals surface area contributed by atoms with Gasteiger partial charge in [0.15, 0.2) is 11.5 Å². The Balaban J connectivity index is 3.08. The number of aliphatic carboxylic acids is 1. The van der Waals surface area contributed by atoms with Crippen molar-refractivity contribution >= 4 is 27.8 Å². The van der Waals surface area contributed by atoms with Crippen LogP contribution in [0.2, 0.25) is 0 Å². The van der Waals surface area contributed by atoms with E-state index >= 15 is 0 Å². The summed E-state index contributed by atoms with van der Waals surface area (Å²) in [4.78, 5) is 23.4. The van der Waals surface area contributed by atoms with E-state index in [0.717, 1.165) is 0 Å². The minimum Gasteiger partial charge on any atom is -0.493 e. The molecule has 0 heterocycles. The average Bonchev–Trinajstić information content (AvgIpc) is 2.45. The smallest absolute Gasteiger partial charge is 0.326 e. The number of ether oxygens (including phenoxy) is 2. The van der Waals surface area contributed by atoms with Gasteiger partial charge in [-0.3, -0.25) is 4.79 Å². The van der Waals surface area contributed by atoms with Gasteiger partial charge in [0.1, 0.15) is 6.04 Å². The molecule has 6 nitrogen and oxygen atoms in total. The number of methoxy groups -OCH3 is 1. The minimum absolute atomic E-state index is 0.227. The lowest BCUT2D eigenvalue weighted by Crippen LogP contribution is -2.44. The Morgan fingerprint density at radius 3 is 2.45 bits per heavy atom. The molecule has 1 aromatic carbocycles. The predicted octanol–water partition coefficient (Wildman–Crippen LogP) is 2.70. The molecule has 22 heavy (non-hydrogen) atoms. The van der Waals surface area contributed by atoms with Crippen molar-refractivity contribution in [1.29, 1.82) is 0 Å². The van der Waals surface area contributed by atoms with Gasteiger partial charge in [-0.05, 0) is 40.9 Å². The normalized spacial score (nSPS) is 11.9. The maximum absolute atomic E-state index is 12.3. The number of hydrogen-bond donors (Lipinski definition) is 2. The third-order valence-electron chi connectivity index (χ3n) is 3.00. The topological polar surface area (TPSA) is 84.9 Å². The van der Waals surface area contributed by atoms with Gasteiger partial charge in [-0.1, -0.05) is 13.8 Å². The highest BCUT2D eigenvalue weighted by molar-refractivity contribution is 9.10. The Morgan fingerprint density at radius 2 is 2.00 bits per heavy atom. The third kappa shape index (κ3) is 4.37. The summed E-state index contributed by atoms with van der Waals surface area (Å²) in [7, 11) is 1.47. The van der Waals surface area contributed by atoms with Crippen molar-refractivity contribution in [3.63, 3.8) is 0 Å². The van der Waals surface area contributed by atoms with Crippen LogP contribution in [0.4, 0.5) is 0 Å². The van der Waals surface area contributed by atoms with Gasteiger partial charge in [0.2, 0.25) is 0 Å². The summed E-state index contributed by atoms with van der Waals surface area (Å²) in [6, 6.07) is 2.13. The van der Waals surface area contributed by atoms with Gasteiger partial charge in [-0.15, -0.1) is 0 Å². The van der Waals surface area contributed by atoms with Gasteiger partial charge < -0.3 is 19.9 Å². The lowest BCUT2D eigenvalue weighted by Gasteiger charge is -2.19. The number of hydrogen-bond acceptors (Lipinski definition) is 4. The van der Waals surface area contributed by atoms with Gasteiger partial charge in [0.05, 0.1) is 18.2 Å². The Hall–Kier alpha value is -1.76. The van der Waals surface area contributed by atoms with Crippen LogP contribution in [-0.4, -0.2) is 36.7 Å². The quantitative estimate of drug-likeness (QED) is 0.767. The van der Waals surface area contributed by atoms with Crippen LogP contribution in [0, 0.1) is 5.92 Å². The van der Waals surface area contributed by atoms with E-state index in [9.17, 15) is 9.59 Å². The second kappa shape index (κ2) is 8.03. The van der Waals surface area contributed by atoms with Crippen molar-refractivity contribution in [2.75, 3.05) is 13.7 Å². The molecule has 1 rings (SSSR count). The zero-order valence-electron chi connectivity index (χ0n) is 13.0. The van der Waals surface area contributed by atoms with Gasteiger partial charge in [-0.25, -0.2) is 4.79 Å². The van der Waals surface area contributed by atoms with Crippen LogP contribution in [0.25, 0.3) is 0 Å². The summed E-state index contributed by atoms with van der Waals surface area (Å²) in [6.07, 6.45) is 0. The molecule has 0 saturated heterocycles. The number of carbonyl (C=O) groups excluding carboxylic acids is 1. The number of carbonyl (C=O) groups is 2. The Kier molecular flexibility index (Phi) is 6.67. The first-order chi connectivity index (χ1) is 10.3. The zero-order chi connectivity index (χ0) is 16.9. The summed E-state index contributed by atoms with van der Waals surface area (Å²) in [5.74, 6) is -0.879. The van der Waals surface area contributed by atoms with Crippen LogP contribution in [0.15, 0.2) is 16.6 Å². The molecule has 2 N–H and O–H groups in total. The molecule has 1 atom stereocenters. The Labute approximate surface area is 137 Å². The summed E-state index contributed by atoms with van der Waals surface area (Å²) >= 11 is 3.33. The first-order valence-corrected chi connectivity index (χ1v) is 7.65. The summed E-state index contributed by atoms with van der Waals surface area (Å²) in [6.45, 7) is 5.75. The van der Waals surface area contributed by atoms with Crippen molar-refractivity contribution in [3.8, 4) is 11.5 Å². The number of amides is 1. The van der Waals surface area contributed by atoms with Gasteiger partial charge >= 0.3 is 5.97 Å². The average molecular weight is 374 g/mol. The molecule has 0 spiro atoms. The molecule has 0 fully saturated rings. The Bertz CT molecular complexity index is 559. The second-order valence-electron chi connectivity index (χ2n) is 4.96. The molecule has 0 aliphatic heterocycles. The highest BCUT2D eigenvalue weighted by Crippen LogP contribution is 2.36. The van der Waals surface area contributed by atoms with Crippen LogP contribution >= 0.6 is 15.9 Å². The second-order valence-corrected chi connectivity index (χ2v) is 5.81. The molecule has 1 amide bonds. The molecule has 122 valence electrons. The molecule has 0 aromatic heterocycles. The molecular formula is C15H20BrNO5. The van der Waals surface area contributed by atoms with Crippen LogP contribution in [0.1, 0.15) is 31.1 Å². The zero-order valence-corrected chi connectivity index (χ0v) is 14.6. The molecule has 0 radical (unpaired) electrons. The van der Waals surface area contributed by atoms with Gasteiger partial charge in [0, 0.05) is 5.56 Å². The van der Waals surface area contributed by atoms with Crippen LogP contribution in [0.5, 0.6) is 11.5 Å². The fourth-order valence-electron chi connectivity index (χ4n) is 1.87. The maximum Gasteiger partial charge on any atom is 0.326 e. The van der Waals surface area contributed by atoms with Crippen LogP contribution < -0.4 is 14.8 Å². The molecule has 0 aliphatic rings. The van der Waals surface area contributed by atoms with Crippen molar-refractivity contribution < 1.29 is 24.2 Å². The van der Waals surface area contributed by atoms with Crippen LogP contribution in [0.3, 0.4) is 0 Å². The first kappa shape index (κ1) is 18.3. The maximum atomic E-state index is 12.3. The molecule has 1 unspecified atom stereocenters. The molecular weight excluding hydrogens is 354 g/mol. The highest BCUT2D eigenvalue weighted by atomic mass is 79.9. The van der Waals surface area contributed by atoms with Gasteiger partial charge in [-0.2, -0.15) is 0 Å². The lowest BCUT2D eigenvalue weighted by atomic mass is 10.0. The minimum atomic E-state index is -1.07. The van der Waals surface area contributed by atoms with E-state index in [1.54, 1.807) is 19.9 Å². The number of halogens is 1. The highest BCUT2D eigenvalue weighted by Gasteiger charge is 2.25. The van der Waals surface area contributed by atoms with E-state index in [1.807, 2.05) is 6.92 Å². The summed E-state index contributed by atoms with van der Waals surface area (Å²) in [5, 5.41) is 11.6. The molecule has 7 heteroatoms. The number of benzene rings is 1. The standard InChI is InChI=1S/C15H20BrNO5/c1-5-22-13-10(16)6-9(7-11(13)21-4)14(18)17-12(8(2)3)15(19)20/h6-8,12H,5H2,1-4H3,(H,17,18)(H,19,20). The number of nitrogens with one attached hydrogen (secondary N) is 1. The van der Waals surface area contributed by atoms with Crippen molar-refractivity contribution in [1.82, 2.24) is 5.32 Å². The first-order valence-electron chi connectivity index (χ1n) is 6.85. The van der Waals surface area contributed by atoms with E-state index in [0.29, 0.717) is 28.1 Å². The van der Waals surface area contributed by atoms with Crippen molar-refractivity contribution in [2.24, 2.45) is 5.92 Å². The summed E-state index contributed by atoms with van der Waals surface area (Å²) in [5.41, 5.74) is 0.291.